The van der Waals surface area contributed by atoms with E-state index in [1.165, 1.54) is 0 Å². The third kappa shape index (κ3) is 4.27. The van der Waals surface area contributed by atoms with Crippen molar-refractivity contribution in [3.8, 4) is 0 Å². The van der Waals surface area contributed by atoms with Crippen molar-refractivity contribution in [2.45, 2.75) is 26.9 Å². The van der Waals surface area contributed by atoms with Crippen LogP contribution in [0.15, 0.2) is 12.3 Å². The lowest BCUT2D eigenvalue weighted by Crippen LogP contribution is -2.27. The number of nitrogens with zero attached hydrogens (tertiary/aromatic N) is 2. The Morgan fingerprint density at radius 2 is 1.89 bits per heavy atom. The number of hydrogen-bond donors (Lipinski definition) is 0. The summed E-state index contributed by atoms with van der Waals surface area (Å²) in [4.78, 5) is 5.68. The minimum absolute atomic E-state index is 0.282. The fourth-order valence-electron chi connectivity index (χ4n) is 1.59. The molecule has 0 aliphatic carbocycles. The third-order valence-electron chi connectivity index (χ3n) is 3.24. The van der Waals surface area contributed by atoms with Crippen LogP contribution in [0.3, 0.4) is 0 Å². The monoisotopic (exact) mass is 294 g/mol. The van der Waals surface area contributed by atoms with Crippen molar-refractivity contribution in [2.24, 2.45) is 11.8 Å². The Balaban J connectivity index is 2.96. The van der Waals surface area contributed by atoms with Crippen LogP contribution in [0.4, 0.5) is 19.0 Å². The Hall–Kier alpha value is -0.970. The average Bonchev–Trinajstić information content (AvgIpc) is 2.27. The zero-order valence-corrected chi connectivity index (χ0v) is 12.2. The smallest absolute Gasteiger partial charge is 0.359 e. The van der Waals surface area contributed by atoms with E-state index in [4.69, 9.17) is 11.6 Å². The lowest BCUT2D eigenvalue weighted by molar-refractivity contribution is -0.137. The third-order valence-corrected chi connectivity index (χ3v) is 3.54. The largest absolute Gasteiger partial charge is 0.418 e. The van der Waals surface area contributed by atoms with Gasteiger partial charge in [-0.05, 0) is 17.9 Å². The Morgan fingerprint density at radius 1 is 1.32 bits per heavy atom. The fraction of sp³-hybridized carbons (Fsp3) is 0.615. The summed E-state index contributed by atoms with van der Waals surface area (Å²) in [7, 11) is 1.73. The van der Waals surface area contributed by atoms with Gasteiger partial charge in [-0.25, -0.2) is 4.98 Å². The summed E-state index contributed by atoms with van der Waals surface area (Å²) in [5, 5.41) is -0.374. The molecule has 0 aliphatic heterocycles. The van der Waals surface area contributed by atoms with Gasteiger partial charge in [-0.3, -0.25) is 0 Å². The molecule has 2 nitrogen and oxygen atoms in total. The van der Waals surface area contributed by atoms with E-state index in [2.05, 4.69) is 25.8 Å². The molecule has 1 aromatic rings. The second-order valence-electron chi connectivity index (χ2n) is 5.12. The molecule has 108 valence electrons. The molecule has 19 heavy (non-hydrogen) atoms. The van der Waals surface area contributed by atoms with Crippen molar-refractivity contribution in [1.82, 2.24) is 4.98 Å². The van der Waals surface area contributed by atoms with Gasteiger partial charge in [0.25, 0.3) is 0 Å². The van der Waals surface area contributed by atoms with Crippen LogP contribution in [0.2, 0.25) is 5.02 Å². The summed E-state index contributed by atoms with van der Waals surface area (Å²) in [6, 6.07) is 0.995. The molecule has 6 heteroatoms. The minimum Gasteiger partial charge on any atom is -0.359 e. The predicted molar refractivity (Wildman–Crippen MR) is 71.5 cm³/mol. The van der Waals surface area contributed by atoms with Crippen molar-refractivity contribution in [2.75, 3.05) is 18.5 Å². The topological polar surface area (TPSA) is 16.1 Å². The average molecular weight is 295 g/mol. The maximum atomic E-state index is 12.8. The van der Waals surface area contributed by atoms with Crippen LogP contribution < -0.4 is 4.90 Å². The van der Waals surface area contributed by atoms with Crippen LogP contribution in [0.25, 0.3) is 0 Å². The minimum atomic E-state index is -4.46. The summed E-state index contributed by atoms with van der Waals surface area (Å²) in [6.07, 6.45) is -3.41. The van der Waals surface area contributed by atoms with Gasteiger partial charge >= 0.3 is 6.18 Å². The molecule has 0 radical (unpaired) electrons. The molecule has 1 atom stereocenters. The second-order valence-corrected chi connectivity index (χ2v) is 5.53. The molecule has 1 rings (SSSR count). The number of anilines is 1. The summed E-state index contributed by atoms with van der Waals surface area (Å²) >= 11 is 5.54. The molecule has 0 saturated heterocycles. The number of pyridine rings is 1. The number of alkyl halides is 3. The molecule has 1 heterocycles. The highest BCUT2D eigenvalue weighted by Crippen LogP contribution is 2.35. The Morgan fingerprint density at radius 3 is 2.37 bits per heavy atom. The summed E-state index contributed by atoms with van der Waals surface area (Å²) < 4.78 is 38.3. The van der Waals surface area contributed by atoms with E-state index in [9.17, 15) is 13.2 Å². The molecule has 0 aliphatic rings. The van der Waals surface area contributed by atoms with Crippen molar-refractivity contribution in [3.05, 3.63) is 22.8 Å². The van der Waals surface area contributed by atoms with Gasteiger partial charge in [-0.1, -0.05) is 32.4 Å². The molecule has 0 bridgehead atoms. The first-order valence-corrected chi connectivity index (χ1v) is 6.44. The lowest BCUT2D eigenvalue weighted by Gasteiger charge is -2.25. The highest BCUT2D eigenvalue weighted by atomic mass is 35.5. The zero-order chi connectivity index (χ0) is 14.8. The fourth-order valence-corrected chi connectivity index (χ4v) is 1.80. The second kappa shape index (κ2) is 5.99. The van der Waals surface area contributed by atoms with E-state index in [1.54, 1.807) is 11.9 Å². The van der Waals surface area contributed by atoms with Crippen LogP contribution in [0.5, 0.6) is 0 Å². The molecule has 0 aromatic carbocycles. The van der Waals surface area contributed by atoms with Gasteiger partial charge in [0.1, 0.15) is 5.82 Å². The van der Waals surface area contributed by atoms with Crippen LogP contribution in [0, 0.1) is 11.8 Å². The molecular formula is C13H18ClF3N2. The van der Waals surface area contributed by atoms with Crippen LogP contribution in [-0.4, -0.2) is 18.6 Å². The van der Waals surface area contributed by atoms with Gasteiger partial charge in [-0.2, -0.15) is 13.2 Å². The molecule has 0 unspecified atom stereocenters. The molecule has 0 saturated carbocycles. The van der Waals surface area contributed by atoms with E-state index in [0.717, 1.165) is 12.3 Å². The normalized spacial score (nSPS) is 13.7. The summed E-state index contributed by atoms with van der Waals surface area (Å²) in [5.41, 5.74) is -0.844. The van der Waals surface area contributed by atoms with Crippen LogP contribution >= 0.6 is 11.6 Å². The van der Waals surface area contributed by atoms with E-state index in [-0.39, 0.29) is 10.8 Å². The van der Waals surface area contributed by atoms with Crippen molar-refractivity contribution < 1.29 is 13.2 Å². The van der Waals surface area contributed by atoms with E-state index >= 15 is 0 Å². The first kappa shape index (κ1) is 16.1. The highest BCUT2D eigenvalue weighted by molar-refractivity contribution is 6.31. The number of rotatable bonds is 4. The Labute approximate surface area is 116 Å². The Bertz CT molecular complexity index is 432. The predicted octanol–water partition coefficient (Wildman–Crippen LogP) is 4.48. The molecular weight excluding hydrogens is 277 g/mol. The first-order chi connectivity index (χ1) is 8.62. The van der Waals surface area contributed by atoms with Gasteiger partial charge in [-0.15, -0.1) is 0 Å². The highest BCUT2D eigenvalue weighted by Gasteiger charge is 2.34. The summed E-state index contributed by atoms with van der Waals surface area (Å²) in [5.74, 6) is 1.10. The van der Waals surface area contributed by atoms with Gasteiger partial charge in [0.15, 0.2) is 0 Å². The quantitative estimate of drug-likeness (QED) is 0.814. The van der Waals surface area contributed by atoms with E-state index in [0.29, 0.717) is 18.4 Å². The van der Waals surface area contributed by atoms with Gasteiger partial charge in [0.2, 0.25) is 0 Å². The Kier molecular flexibility index (Phi) is 5.07. The van der Waals surface area contributed by atoms with Crippen LogP contribution in [0.1, 0.15) is 26.3 Å². The van der Waals surface area contributed by atoms with Crippen molar-refractivity contribution in [3.63, 3.8) is 0 Å². The SMILES string of the molecule is CC(C)[C@@H](C)CN(C)c1cc(C(F)(F)F)c(Cl)cn1. The molecule has 0 spiro atoms. The van der Waals surface area contributed by atoms with Crippen LogP contribution in [-0.2, 0) is 6.18 Å². The zero-order valence-electron chi connectivity index (χ0n) is 11.4. The number of aromatic nitrogens is 1. The maximum absolute atomic E-state index is 12.8. The molecule has 0 fully saturated rings. The van der Waals surface area contributed by atoms with Crippen molar-refractivity contribution in [1.29, 1.82) is 0 Å². The van der Waals surface area contributed by atoms with E-state index in [1.807, 2.05) is 0 Å². The molecule has 1 aromatic heterocycles. The van der Waals surface area contributed by atoms with Gasteiger partial charge in [0.05, 0.1) is 10.6 Å². The van der Waals surface area contributed by atoms with Gasteiger partial charge < -0.3 is 4.90 Å². The maximum Gasteiger partial charge on any atom is 0.418 e. The molecule has 0 amide bonds. The number of hydrogen-bond acceptors (Lipinski definition) is 2. The summed E-state index contributed by atoms with van der Waals surface area (Å²) in [6.45, 7) is 6.86. The molecule has 0 N–H and O–H groups in total. The first-order valence-electron chi connectivity index (χ1n) is 6.06. The lowest BCUT2D eigenvalue weighted by atomic mass is 9.98. The van der Waals surface area contributed by atoms with Gasteiger partial charge in [0, 0.05) is 19.8 Å². The van der Waals surface area contributed by atoms with E-state index < -0.39 is 11.7 Å². The standard InChI is InChI=1S/C13H18ClF3N2/c1-8(2)9(3)7-19(4)12-5-10(13(15,16)17)11(14)6-18-12/h5-6,8-9H,7H2,1-4H3/t9-/m0/s1. The number of halogens is 4. The van der Waals surface area contributed by atoms with Crippen molar-refractivity contribution >= 4 is 17.4 Å².